The molecule has 0 fully saturated rings. The van der Waals surface area contributed by atoms with Gasteiger partial charge in [-0.25, -0.2) is 0 Å². The van der Waals surface area contributed by atoms with Gasteiger partial charge in [0.15, 0.2) is 0 Å². The second-order valence-corrected chi connectivity index (χ2v) is 5.68. The zero-order valence-electron chi connectivity index (χ0n) is 13.4. The first-order chi connectivity index (χ1) is 11.1. The number of rotatable bonds is 8. The second kappa shape index (κ2) is 8.41. The van der Waals surface area contributed by atoms with Crippen molar-refractivity contribution in [2.45, 2.75) is 19.9 Å². The number of nitrogens with zero attached hydrogens (tertiary/aromatic N) is 2. The zero-order valence-corrected chi connectivity index (χ0v) is 13.4. The fourth-order valence-corrected chi connectivity index (χ4v) is 2.59. The van der Waals surface area contributed by atoms with Crippen LogP contribution in [0.15, 0.2) is 48.5 Å². The van der Waals surface area contributed by atoms with Gasteiger partial charge in [0.25, 0.3) is 5.69 Å². The van der Waals surface area contributed by atoms with Crippen molar-refractivity contribution in [1.29, 1.82) is 0 Å². The summed E-state index contributed by atoms with van der Waals surface area (Å²) in [6, 6.07) is 15.7. The highest BCUT2D eigenvalue weighted by Crippen LogP contribution is 2.20. The van der Waals surface area contributed by atoms with Crippen LogP contribution in [0.2, 0.25) is 0 Å². The summed E-state index contributed by atoms with van der Waals surface area (Å²) in [7, 11) is 0. The van der Waals surface area contributed by atoms with Gasteiger partial charge in [0.1, 0.15) is 0 Å². The quantitative estimate of drug-likeness (QED) is 0.601. The highest BCUT2D eigenvalue weighted by atomic mass is 16.6. The van der Waals surface area contributed by atoms with Crippen LogP contribution < -0.4 is 5.73 Å². The average Bonchev–Trinajstić information content (AvgIpc) is 2.55. The maximum Gasteiger partial charge on any atom is 0.272 e. The van der Waals surface area contributed by atoms with Gasteiger partial charge in [-0.1, -0.05) is 42.5 Å². The normalized spacial score (nSPS) is 10.9. The molecular weight excluding hydrogens is 290 g/mol. The van der Waals surface area contributed by atoms with Gasteiger partial charge in [-0.3, -0.25) is 15.0 Å². The molecule has 0 aliphatic rings. The molecule has 0 heterocycles. The molecule has 2 aromatic carbocycles. The largest absolute Gasteiger partial charge is 0.329 e. The summed E-state index contributed by atoms with van der Waals surface area (Å²) in [5, 5.41) is 11.1. The van der Waals surface area contributed by atoms with Crippen molar-refractivity contribution in [2.24, 2.45) is 5.73 Å². The van der Waals surface area contributed by atoms with Gasteiger partial charge in [0, 0.05) is 37.8 Å². The Kier molecular flexibility index (Phi) is 6.26. The number of nitrogens with two attached hydrogens (primary N) is 1. The molecule has 5 nitrogen and oxygen atoms in total. The molecule has 122 valence electrons. The van der Waals surface area contributed by atoms with Gasteiger partial charge in [0.05, 0.1) is 4.92 Å². The summed E-state index contributed by atoms with van der Waals surface area (Å²) in [5.41, 5.74) is 8.80. The summed E-state index contributed by atoms with van der Waals surface area (Å²) in [5.74, 6) is 0. The van der Waals surface area contributed by atoms with E-state index in [9.17, 15) is 10.1 Å². The second-order valence-electron chi connectivity index (χ2n) is 5.68. The highest BCUT2D eigenvalue weighted by molar-refractivity contribution is 5.42. The van der Waals surface area contributed by atoms with Crippen molar-refractivity contribution in [3.8, 4) is 0 Å². The molecule has 0 saturated heterocycles. The molecule has 0 aromatic heterocycles. The first-order valence-electron chi connectivity index (χ1n) is 7.80. The van der Waals surface area contributed by atoms with Gasteiger partial charge >= 0.3 is 0 Å². The van der Waals surface area contributed by atoms with E-state index in [1.807, 2.05) is 30.3 Å². The van der Waals surface area contributed by atoms with Crippen LogP contribution in [0.3, 0.4) is 0 Å². The van der Waals surface area contributed by atoms with Crippen molar-refractivity contribution in [2.75, 3.05) is 19.6 Å². The van der Waals surface area contributed by atoms with Gasteiger partial charge in [-0.2, -0.15) is 0 Å². The summed E-state index contributed by atoms with van der Waals surface area (Å²) >= 11 is 0. The fraction of sp³-hybridized carbons (Fsp3) is 0.333. The number of hydrogen-bond acceptors (Lipinski definition) is 4. The standard InChI is InChI=1S/C18H23N3O2/c1-15-7-8-17(13-18(15)21(22)23)14-20(12-10-19)11-9-16-5-3-2-4-6-16/h2-8,13H,9-12,14,19H2,1H3. The predicted molar refractivity (Wildman–Crippen MR) is 92.3 cm³/mol. The van der Waals surface area contributed by atoms with E-state index < -0.39 is 0 Å². The molecule has 0 radical (unpaired) electrons. The Morgan fingerprint density at radius 2 is 1.83 bits per heavy atom. The Balaban J connectivity index is 2.04. The Labute approximate surface area is 136 Å². The average molecular weight is 313 g/mol. The molecule has 0 bridgehead atoms. The molecule has 5 heteroatoms. The van der Waals surface area contributed by atoms with Crippen molar-refractivity contribution < 1.29 is 4.92 Å². The molecule has 0 atom stereocenters. The Bertz CT molecular complexity index is 644. The molecule has 2 N–H and O–H groups in total. The van der Waals surface area contributed by atoms with Crippen LogP contribution in [0.1, 0.15) is 16.7 Å². The Morgan fingerprint density at radius 1 is 1.09 bits per heavy atom. The van der Waals surface area contributed by atoms with Crippen molar-refractivity contribution in [3.63, 3.8) is 0 Å². The van der Waals surface area contributed by atoms with E-state index in [-0.39, 0.29) is 10.6 Å². The van der Waals surface area contributed by atoms with Crippen molar-refractivity contribution in [1.82, 2.24) is 4.90 Å². The lowest BCUT2D eigenvalue weighted by molar-refractivity contribution is -0.385. The van der Waals surface area contributed by atoms with Crippen molar-refractivity contribution >= 4 is 5.69 Å². The third-order valence-corrected chi connectivity index (χ3v) is 3.88. The Hall–Kier alpha value is -2.24. The SMILES string of the molecule is Cc1ccc(CN(CCN)CCc2ccccc2)cc1[N+](=O)[O-]. The van der Waals surface area contributed by atoms with Gasteiger partial charge in [0.2, 0.25) is 0 Å². The summed E-state index contributed by atoms with van der Waals surface area (Å²) in [4.78, 5) is 13.0. The Morgan fingerprint density at radius 3 is 2.48 bits per heavy atom. The van der Waals surface area contributed by atoms with E-state index in [0.717, 1.165) is 25.1 Å². The number of benzene rings is 2. The van der Waals surface area contributed by atoms with E-state index in [4.69, 9.17) is 5.73 Å². The van der Waals surface area contributed by atoms with Crippen LogP contribution in [0.25, 0.3) is 0 Å². The molecule has 0 aliphatic carbocycles. The van der Waals surface area contributed by atoms with E-state index in [0.29, 0.717) is 18.7 Å². The fourth-order valence-electron chi connectivity index (χ4n) is 2.59. The molecule has 2 rings (SSSR count). The lowest BCUT2D eigenvalue weighted by Crippen LogP contribution is -2.31. The minimum atomic E-state index is -0.323. The summed E-state index contributed by atoms with van der Waals surface area (Å²) < 4.78 is 0. The third-order valence-electron chi connectivity index (χ3n) is 3.88. The van der Waals surface area contributed by atoms with Gasteiger partial charge in [-0.05, 0) is 24.5 Å². The number of nitro benzene ring substituents is 1. The lowest BCUT2D eigenvalue weighted by Gasteiger charge is -2.21. The van der Waals surface area contributed by atoms with Crippen LogP contribution in [-0.2, 0) is 13.0 Å². The third kappa shape index (κ3) is 5.16. The number of hydrogen-bond donors (Lipinski definition) is 1. The maximum atomic E-state index is 11.1. The molecule has 0 amide bonds. The van der Waals surface area contributed by atoms with E-state index in [2.05, 4.69) is 17.0 Å². The highest BCUT2D eigenvalue weighted by Gasteiger charge is 2.13. The number of nitro groups is 1. The molecule has 2 aromatic rings. The van der Waals surface area contributed by atoms with Gasteiger partial charge in [-0.15, -0.1) is 0 Å². The zero-order chi connectivity index (χ0) is 16.7. The molecule has 0 spiro atoms. The van der Waals surface area contributed by atoms with Crippen LogP contribution in [-0.4, -0.2) is 29.5 Å². The smallest absolute Gasteiger partial charge is 0.272 e. The first kappa shape index (κ1) is 17.1. The van der Waals surface area contributed by atoms with E-state index in [1.165, 1.54) is 5.56 Å². The first-order valence-corrected chi connectivity index (χ1v) is 7.80. The lowest BCUT2D eigenvalue weighted by atomic mass is 10.1. The van der Waals surface area contributed by atoms with E-state index in [1.54, 1.807) is 13.0 Å². The van der Waals surface area contributed by atoms with Crippen LogP contribution in [0.5, 0.6) is 0 Å². The molecule has 0 saturated carbocycles. The summed E-state index contributed by atoms with van der Waals surface area (Å²) in [6.07, 6.45) is 0.939. The molecule has 0 unspecified atom stereocenters. The van der Waals surface area contributed by atoms with Crippen LogP contribution in [0.4, 0.5) is 5.69 Å². The van der Waals surface area contributed by atoms with Gasteiger partial charge < -0.3 is 5.73 Å². The summed E-state index contributed by atoms with van der Waals surface area (Å²) in [6.45, 7) is 4.65. The molecule has 0 aliphatic heterocycles. The number of aryl methyl sites for hydroxylation is 1. The monoisotopic (exact) mass is 313 g/mol. The van der Waals surface area contributed by atoms with Crippen LogP contribution in [0, 0.1) is 17.0 Å². The molecule has 23 heavy (non-hydrogen) atoms. The van der Waals surface area contributed by atoms with E-state index >= 15 is 0 Å². The minimum Gasteiger partial charge on any atom is -0.329 e. The topological polar surface area (TPSA) is 72.4 Å². The molecular formula is C18H23N3O2. The van der Waals surface area contributed by atoms with Crippen LogP contribution >= 0.6 is 0 Å². The maximum absolute atomic E-state index is 11.1. The van der Waals surface area contributed by atoms with Crippen molar-refractivity contribution in [3.05, 3.63) is 75.3 Å². The predicted octanol–water partition coefficient (Wildman–Crippen LogP) is 2.91. The minimum absolute atomic E-state index is 0.179.